The van der Waals surface area contributed by atoms with Crippen molar-refractivity contribution in [2.45, 2.75) is 32.4 Å². The van der Waals surface area contributed by atoms with Crippen molar-refractivity contribution < 1.29 is 14.7 Å². The molecule has 0 aliphatic carbocycles. The average Bonchev–Trinajstić information content (AvgIpc) is 2.39. The molecule has 1 rings (SSSR count). The molecule has 1 aromatic carbocycles. The molecule has 0 fully saturated rings. The molecule has 0 heterocycles. The molecule has 1 aromatic rings. The summed E-state index contributed by atoms with van der Waals surface area (Å²) in [5.41, 5.74) is 0.519. The van der Waals surface area contributed by atoms with Crippen LogP contribution in [0.3, 0.4) is 0 Å². The van der Waals surface area contributed by atoms with Crippen molar-refractivity contribution in [3.63, 3.8) is 0 Å². The highest BCUT2D eigenvalue weighted by molar-refractivity contribution is 5.97. The van der Waals surface area contributed by atoms with Crippen LogP contribution in [0.1, 0.15) is 30.6 Å². The van der Waals surface area contributed by atoms with Gasteiger partial charge in [-0.05, 0) is 32.4 Å². The smallest absolute Gasteiger partial charge is 0.251 e. The molecule has 0 radical (unpaired) electrons. The van der Waals surface area contributed by atoms with Crippen LogP contribution in [0.4, 0.5) is 0 Å². The summed E-state index contributed by atoms with van der Waals surface area (Å²) < 4.78 is 0. The van der Waals surface area contributed by atoms with E-state index in [0.29, 0.717) is 12.0 Å². The zero-order valence-corrected chi connectivity index (χ0v) is 11.2. The summed E-state index contributed by atoms with van der Waals surface area (Å²) >= 11 is 0. The van der Waals surface area contributed by atoms with Gasteiger partial charge in [0, 0.05) is 18.2 Å². The Morgan fingerprint density at radius 3 is 2.37 bits per heavy atom. The Morgan fingerprint density at radius 1 is 1.16 bits per heavy atom. The minimum absolute atomic E-state index is 0.0200. The van der Waals surface area contributed by atoms with E-state index in [1.54, 1.807) is 38.1 Å². The van der Waals surface area contributed by atoms with Gasteiger partial charge in [0.15, 0.2) is 0 Å². The summed E-state index contributed by atoms with van der Waals surface area (Å²) in [6, 6.07) is 8.00. The number of hydrogen-bond acceptors (Lipinski definition) is 3. The van der Waals surface area contributed by atoms with Crippen LogP contribution in [-0.2, 0) is 4.79 Å². The van der Waals surface area contributed by atoms with Gasteiger partial charge in [-0.3, -0.25) is 9.59 Å². The van der Waals surface area contributed by atoms with E-state index in [-0.39, 0.29) is 24.5 Å². The molecule has 0 aliphatic rings. The Morgan fingerprint density at radius 2 is 1.79 bits per heavy atom. The van der Waals surface area contributed by atoms with Crippen molar-refractivity contribution in [2.24, 2.45) is 0 Å². The van der Waals surface area contributed by atoms with Gasteiger partial charge in [0.25, 0.3) is 5.91 Å². The van der Waals surface area contributed by atoms with E-state index in [4.69, 9.17) is 5.11 Å². The topological polar surface area (TPSA) is 78.4 Å². The Kier molecular flexibility index (Phi) is 6.02. The molecule has 0 saturated heterocycles. The highest BCUT2D eigenvalue weighted by Crippen LogP contribution is 1.99. The summed E-state index contributed by atoms with van der Waals surface area (Å²) in [5, 5.41) is 14.1. The zero-order chi connectivity index (χ0) is 14.3. The van der Waals surface area contributed by atoms with Gasteiger partial charge in [-0.1, -0.05) is 18.2 Å². The van der Waals surface area contributed by atoms with Crippen LogP contribution in [0, 0.1) is 0 Å². The van der Waals surface area contributed by atoms with Crippen LogP contribution in [-0.4, -0.2) is 35.6 Å². The Labute approximate surface area is 113 Å². The van der Waals surface area contributed by atoms with Crippen molar-refractivity contribution >= 4 is 11.8 Å². The summed E-state index contributed by atoms with van der Waals surface area (Å²) in [5.74, 6) is -0.539. The van der Waals surface area contributed by atoms with Gasteiger partial charge < -0.3 is 15.7 Å². The van der Waals surface area contributed by atoms with Crippen LogP contribution >= 0.6 is 0 Å². The van der Waals surface area contributed by atoms with E-state index in [0.717, 1.165) is 0 Å². The van der Waals surface area contributed by atoms with Crippen molar-refractivity contribution in [3.05, 3.63) is 35.9 Å². The highest BCUT2D eigenvalue weighted by Gasteiger charge is 2.17. The lowest BCUT2D eigenvalue weighted by Gasteiger charge is -2.17. The lowest BCUT2D eigenvalue weighted by Crippen LogP contribution is -2.47. The van der Waals surface area contributed by atoms with Gasteiger partial charge in [-0.15, -0.1) is 0 Å². The lowest BCUT2D eigenvalue weighted by molar-refractivity contribution is -0.123. The van der Waals surface area contributed by atoms with Crippen molar-refractivity contribution in [1.82, 2.24) is 10.6 Å². The Hall–Kier alpha value is -1.88. The van der Waals surface area contributed by atoms with Crippen molar-refractivity contribution in [2.75, 3.05) is 6.61 Å². The van der Waals surface area contributed by atoms with E-state index < -0.39 is 6.04 Å². The van der Waals surface area contributed by atoms with E-state index in [1.165, 1.54) is 0 Å². The van der Waals surface area contributed by atoms with Crippen LogP contribution in [0.25, 0.3) is 0 Å². The number of aliphatic hydroxyl groups is 1. The second kappa shape index (κ2) is 7.53. The summed E-state index contributed by atoms with van der Waals surface area (Å²) in [6.45, 7) is 3.45. The first-order valence-electron chi connectivity index (χ1n) is 6.31. The van der Waals surface area contributed by atoms with Crippen molar-refractivity contribution in [3.8, 4) is 0 Å². The quantitative estimate of drug-likeness (QED) is 0.707. The normalized spacial score (nSPS) is 13.4. The van der Waals surface area contributed by atoms with Gasteiger partial charge >= 0.3 is 0 Å². The third-order valence-corrected chi connectivity index (χ3v) is 2.73. The molecule has 0 bridgehead atoms. The van der Waals surface area contributed by atoms with Crippen LogP contribution in [0.5, 0.6) is 0 Å². The molecular weight excluding hydrogens is 244 g/mol. The van der Waals surface area contributed by atoms with E-state index in [9.17, 15) is 9.59 Å². The van der Waals surface area contributed by atoms with Gasteiger partial charge in [-0.2, -0.15) is 0 Å². The molecule has 0 spiro atoms. The fourth-order valence-electron chi connectivity index (χ4n) is 1.57. The molecule has 5 nitrogen and oxygen atoms in total. The molecule has 0 saturated carbocycles. The van der Waals surface area contributed by atoms with Crippen molar-refractivity contribution in [1.29, 1.82) is 0 Å². The van der Waals surface area contributed by atoms with Gasteiger partial charge in [0.2, 0.25) is 5.91 Å². The first-order chi connectivity index (χ1) is 9.04. The van der Waals surface area contributed by atoms with Crippen LogP contribution in [0.15, 0.2) is 30.3 Å². The second-order valence-electron chi connectivity index (χ2n) is 4.48. The molecule has 2 atom stereocenters. The molecule has 0 aromatic heterocycles. The number of carbonyl (C=O) groups is 2. The molecule has 104 valence electrons. The molecule has 0 aliphatic heterocycles. The van der Waals surface area contributed by atoms with E-state index >= 15 is 0 Å². The van der Waals surface area contributed by atoms with Gasteiger partial charge in [0.1, 0.15) is 6.04 Å². The first kappa shape index (κ1) is 15.2. The molecule has 2 unspecified atom stereocenters. The summed E-state index contributed by atoms with van der Waals surface area (Å²) in [7, 11) is 0. The first-order valence-corrected chi connectivity index (χ1v) is 6.31. The minimum Gasteiger partial charge on any atom is -0.396 e. The standard InChI is InChI=1S/C14H20N2O3/c1-10(8-9-17)15-13(18)11(2)16-14(19)12-6-4-3-5-7-12/h3-7,10-11,17H,8-9H2,1-2H3,(H,15,18)(H,16,19). The largest absolute Gasteiger partial charge is 0.396 e. The minimum atomic E-state index is -0.617. The SMILES string of the molecule is CC(CCO)NC(=O)C(C)NC(=O)c1ccccc1. The number of nitrogens with one attached hydrogen (secondary N) is 2. The maximum atomic E-state index is 11.8. The molecule has 3 N–H and O–H groups in total. The predicted molar refractivity (Wildman–Crippen MR) is 72.7 cm³/mol. The molecule has 19 heavy (non-hydrogen) atoms. The number of amides is 2. The Balaban J connectivity index is 2.48. The summed E-state index contributed by atoms with van der Waals surface area (Å²) in [4.78, 5) is 23.6. The third-order valence-electron chi connectivity index (χ3n) is 2.73. The lowest BCUT2D eigenvalue weighted by atomic mass is 10.2. The number of rotatable bonds is 6. The molecule has 5 heteroatoms. The number of carbonyl (C=O) groups excluding carboxylic acids is 2. The van der Waals surface area contributed by atoms with Crippen LogP contribution < -0.4 is 10.6 Å². The second-order valence-corrected chi connectivity index (χ2v) is 4.48. The molecule has 2 amide bonds. The van der Waals surface area contributed by atoms with Gasteiger partial charge in [-0.25, -0.2) is 0 Å². The predicted octanol–water partition coefficient (Wildman–Crippen LogP) is 0.692. The molecular formula is C14H20N2O3. The maximum absolute atomic E-state index is 11.8. The highest BCUT2D eigenvalue weighted by atomic mass is 16.3. The summed E-state index contributed by atoms with van der Waals surface area (Å²) in [6.07, 6.45) is 0.491. The fraction of sp³-hybridized carbons (Fsp3) is 0.429. The monoisotopic (exact) mass is 264 g/mol. The number of benzene rings is 1. The number of hydrogen-bond donors (Lipinski definition) is 3. The van der Waals surface area contributed by atoms with Crippen LogP contribution in [0.2, 0.25) is 0 Å². The van der Waals surface area contributed by atoms with Gasteiger partial charge in [0.05, 0.1) is 0 Å². The van der Waals surface area contributed by atoms with E-state index in [1.807, 2.05) is 6.07 Å². The maximum Gasteiger partial charge on any atom is 0.251 e. The number of aliphatic hydroxyl groups excluding tert-OH is 1. The Bertz CT molecular complexity index is 420. The fourth-order valence-corrected chi connectivity index (χ4v) is 1.57. The average molecular weight is 264 g/mol. The zero-order valence-electron chi connectivity index (χ0n) is 11.2. The van der Waals surface area contributed by atoms with E-state index in [2.05, 4.69) is 10.6 Å². The third kappa shape index (κ3) is 5.09.